The molecule has 1 fully saturated rings. The van der Waals surface area contributed by atoms with E-state index in [1.165, 1.54) is 0 Å². The van der Waals surface area contributed by atoms with E-state index in [1.807, 2.05) is 13.8 Å². The van der Waals surface area contributed by atoms with E-state index >= 15 is 0 Å². The molecule has 0 bridgehead atoms. The number of halogens is 2. The summed E-state index contributed by atoms with van der Waals surface area (Å²) in [5, 5.41) is 20.2. The molecule has 6 nitrogen and oxygen atoms in total. The summed E-state index contributed by atoms with van der Waals surface area (Å²) in [5.74, 6) is 0.280. The second kappa shape index (κ2) is 11.8. The molecule has 0 unspecified atom stereocenters. The van der Waals surface area contributed by atoms with E-state index in [4.69, 9.17) is 10.5 Å². The van der Waals surface area contributed by atoms with E-state index in [9.17, 15) is 15.0 Å². The van der Waals surface area contributed by atoms with Gasteiger partial charge in [-0.15, -0.1) is 24.8 Å². The standard InChI is InChI=1S/C20H32N2O4.2ClH/c1-13(2)10-18(21)20(25,19(23)24)12-15-11-17(8-9-22-15)26-16-6-4-14(3)5-7-16;;/h8-9,11,13-14,16,18,25H,4-7,10,12,21H2,1-3H3,(H,23,24);2*1H/t14?,16?,18-,20+;;/m0../s1. The van der Waals surface area contributed by atoms with Gasteiger partial charge in [0.05, 0.1) is 6.10 Å². The van der Waals surface area contributed by atoms with Gasteiger partial charge in [-0.1, -0.05) is 20.8 Å². The molecule has 1 saturated carbocycles. The Labute approximate surface area is 180 Å². The summed E-state index contributed by atoms with van der Waals surface area (Å²) >= 11 is 0. The van der Waals surface area contributed by atoms with Crippen LogP contribution in [0.5, 0.6) is 5.75 Å². The molecule has 1 heterocycles. The summed E-state index contributed by atoms with van der Waals surface area (Å²) in [4.78, 5) is 15.9. The van der Waals surface area contributed by atoms with Crippen LogP contribution >= 0.6 is 24.8 Å². The molecule has 4 N–H and O–H groups in total. The molecule has 1 aromatic rings. The Kier molecular flexibility index (Phi) is 11.4. The first-order valence-corrected chi connectivity index (χ1v) is 9.53. The highest BCUT2D eigenvalue weighted by molar-refractivity contribution is 5.85. The van der Waals surface area contributed by atoms with Gasteiger partial charge in [0.2, 0.25) is 0 Å². The third-order valence-corrected chi connectivity index (χ3v) is 5.21. The van der Waals surface area contributed by atoms with Crippen LogP contribution in [-0.4, -0.2) is 38.9 Å². The van der Waals surface area contributed by atoms with Crippen LogP contribution in [0.15, 0.2) is 18.3 Å². The van der Waals surface area contributed by atoms with E-state index in [-0.39, 0.29) is 43.3 Å². The molecule has 0 saturated heterocycles. The molecule has 0 aromatic carbocycles. The number of rotatable bonds is 8. The lowest BCUT2D eigenvalue weighted by molar-refractivity contribution is -0.161. The van der Waals surface area contributed by atoms with Gasteiger partial charge in [-0.2, -0.15) is 0 Å². The second-order valence-corrected chi connectivity index (χ2v) is 8.12. The van der Waals surface area contributed by atoms with Crippen LogP contribution in [0.4, 0.5) is 0 Å². The maximum atomic E-state index is 11.7. The van der Waals surface area contributed by atoms with Crippen molar-refractivity contribution in [1.29, 1.82) is 0 Å². The van der Waals surface area contributed by atoms with Crippen LogP contribution in [0.2, 0.25) is 0 Å². The predicted molar refractivity (Wildman–Crippen MR) is 115 cm³/mol. The molecule has 0 aliphatic heterocycles. The van der Waals surface area contributed by atoms with E-state index < -0.39 is 17.6 Å². The van der Waals surface area contributed by atoms with Gasteiger partial charge in [0.15, 0.2) is 5.60 Å². The van der Waals surface area contributed by atoms with E-state index in [1.54, 1.807) is 18.3 Å². The van der Waals surface area contributed by atoms with Crippen LogP contribution < -0.4 is 10.5 Å². The first-order chi connectivity index (χ1) is 12.2. The fourth-order valence-electron chi connectivity index (χ4n) is 3.51. The molecule has 0 spiro atoms. The summed E-state index contributed by atoms with van der Waals surface area (Å²) in [7, 11) is 0. The van der Waals surface area contributed by atoms with Crippen molar-refractivity contribution in [2.24, 2.45) is 17.6 Å². The van der Waals surface area contributed by atoms with Crippen LogP contribution in [0.25, 0.3) is 0 Å². The molecule has 1 aromatic heterocycles. The van der Waals surface area contributed by atoms with Gasteiger partial charge in [0, 0.05) is 30.4 Å². The molecular formula is C20H34Cl2N2O4. The quantitative estimate of drug-likeness (QED) is 0.574. The van der Waals surface area contributed by atoms with Gasteiger partial charge in [-0.05, 0) is 50.0 Å². The topological polar surface area (TPSA) is 106 Å². The normalized spacial score (nSPS) is 22.4. The van der Waals surface area contributed by atoms with Gasteiger partial charge >= 0.3 is 5.97 Å². The van der Waals surface area contributed by atoms with Gasteiger partial charge in [0.25, 0.3) is 0 Å². The monoisotopic (exact) mass is 436 g/mol. The number of pyridine rings is 1. The highest BCUT2D eigenvalue weighted by atomic mass is 35.5. The SMILES string of the molecule is CC(C)C[C@H](N)[C@](O)(Cc1cc(OC2CCC(C)CC2)ccn1)C(=O)O.Cl.Cl. The molecule has 2 atom stereocenters. The van der Waals surface area contributed by atoms with Crippen molar-refractivity contribution in [3.05, 3.63) is 24.0 Å². The zero-order valence-electron chi connectivity index (χ0n) is 16.8. The number of hydrogen-bond donors (Lipinski definition) is 3. The molecule has 1 aliphatic rings. The Morgan fingerprint density at radius 1 is 1.32 bits per heavy atom. The fraction of sp³-hybridized carbons (Fsp3) is 0.700. The third-order valence-electron chi connectivity index (χ3n) is 5.21. The van der Waals surface area contributed by atoms with Crippen molar-refractivity contribution in [2.75, 3.05) is 0 Å². The van der Waals surface area contributed by atoms with Crippen molar-refractivity contribution in [3.8, 4) is 5.75 Å². The lowest BCUT2D eigenvalue weighted by atomic mass is 9.84. The van der Waals surface area contributed by atoms with Crippen LogP contribution in [0, 0.1) is 11.8 Å². The second-order valence-electron chi connectivity index (χ2n) is 8.12. The zero-order chi connectivity index (χ0) is 19.3. The number of aliphatic carboxylic acids is 1. The van der Waals surface area contributed by atoms with Crippen molar-refractivity contribution in [3.63, 3.8) is 0 Å². The highest BCUT2D eigenvalue weighted by Crippen LogP contribution is 2.28. The molecule has 8 heteroatoms. The summed E-state index contributed by atoms with van der Waals surface area (Å²) in [6.07, 6.45) is 6.41. The minimum atomic E-state index is -2.05. The van der Waals surface area contributed by atoms with Gasteiger partial charge in [0.1, 0.15) is 5.75 Å². The van der Waals surface area contributed by atoms with Gasteiger partial charge < -0.3 is 20.7 Å². The number of ether oxygens (including phenoxy) is 1. The lowest BCUT2D eigenvalue weighted by Gasteiger charge is -2.31. The number of carboxylic acid groups (broad SMARTS) is 1. The number of hydrogen-bond acceptors (Lipinski definition) is 5. The highest BCUT2D eigenvalue weighted by Gasteiger charge is 2.43. The fourth-order valence-corrected chi connectivity index (χ4v) is 3.51. The number of nitrogens with zero attached hydrogens (tertiary/aromatic N) is 1. The summed E-state index contributed by atoms with van der Waals surface area (Å²) < 4.78 is 6.04. The average Bonchev–Trinajstić information content (AvgIpc) is 2.56. The number of aliphatic hydroxyl groups is 1. The predicted octanol–water partition coefficient (Wildman–Crippen LogP) is 3.61. The van der Waals surface area contributed by atoms with E-state index in [2.05, 4.69) is 11.9 Å². The Bertz CT molecular complexity index is 610. The largest absolute Gasteiger partial charge is 0.490 e. The molecule has 162 valence electrons. The first-order valence-electron chi connectivity index (χ1n) is 9.53. The van der Waals surface area contributed by atoms with Crippen LogP contribution in [0.1, 0.15) is 58.6 Å². The molecule has 28 heavy (non-hydrogen) atoms. The van der Waals surface area contributed by atoms with Crippen LogP contribution in [-0.2, 0) is 11.2 Å². The van der Waals surface area contributed by atoms with Crippen LogP contribution in [0.3, 0.4) is 0 Å². The van der Waals surface area contributed by atoms with Gasteiger partial charge in [-0.25, -0.2) is 4.79 Å². The Balaban J connectivity index is 0.00000364. The molecule has 0 radical (unpaired) electrons. The Hall–Kier alpha value is -1.08. The molecule has 0 amide bonds. The van der Waals surface area contributed by atoms with Crippen molar-refractivity contribution in [2.45, 2.75) is 77.0 Å². The maximum Gasteiger partial charge on any atom is 0.337 e. The lowest BCUT2D eigenvalue weighted by Crippen LogP contribution is -2.56. The molecular weight excluding hydrogens is 403 g/mol. The zero-order valence-corrected chi connectivity index (χ0v) is 18.5. The minimum absolute atomic E-state index is 0. The number of nitrogens with two attached hydrogens (primary N) is 1. The third kappa shape index (κ3) is 7.39. The smallest absolute Gasteiger partial charge is 0.337 e. The van der Waals surface area contributed by atoms with E-state index in [0.717, 1.165) is 31.6 Å². The molecule has 1 aliphatic carbocycles. The van der Waals surface area contributed by atoms with Crippen molar-refractivity contribution in [1.82, 2.24) is 4.98 Å². The van der Waals surface area contributed by atoms with Crippen molar-refractivity contribution < 1.29 is 19.7 Å². The number of aromatic nitrogens is 1. The summed E-state index contributed by atoms with van der Waals surface area (Å²) in [6.45, 7) is 6.15. The average molecular weight is 437 g/mol. The summed E-state index contributed by atoms with van der Waals surface area (Å²) in [5.41, 5.74) is 4.44. The number of carbonyl (C=O) groups is 1. The maximum absolute atomic E-state index is 11.7. The number of carboxylic acids is 1. The first kappa shape index (κ1) is 26.9. The summed E-state index contributed by atoms with van der Waals surface area (Å²) in [6, 6.07) is 2.62. The van der Waals surface area contributed by atoms with Gasteiger partial charge in [-0.3, -0.25) is 4.98 Å². The Morgan fingerprint density at radius 2 is 1.93 bits per heavy atom. The Morgan fingerprint density at radius 3 is 2.46 bits per heavy atom. The van der Waals surface area contributed by atoms with Crippen molar-refractivity contribution >= 4 is 30.8 Å². The minimum Gasteiger partial charge on any atom is -0.490 e. The molecule has 2 rings (SSSR count). The van der Waals surface area contributed by atoms with E-state index in [0.29, 0.717) is 17.9 Å².